The van der Waals surface area contributed by atoms with Crippen LogP contribution < -0.4 is 5.32 Å². The Morgan fingerprint density at radius 3 is 2.55 bits per heavy atom. The van der Waals surface area contributed by atoms with Gasteiger partial charge in [0.1, 0.15) is 5.67 Å². The van der Waals surface area contributed by atoms with Gasteiger partial charge in [0.15, 0.2) is 5.83 Å². The summed E-state index contributed by atoms with van der Waals surface area (Å²) >= 11 is 0. The number of nitrogens with zero attached hydrogens (tertiary/aromatic N) is 2. The minimum Gasteiger partial charge on any atom is -0.354 e. The second-order valence-electron chi connectivity index (χ2n) is 7.29. The molecule has 1 aliphatic rings. The molecule has 168 valence electrons. The Balaban J connectivity index is 0.00000166. The molecule has 0 bridgehead atoms. The van der Waals surface area contributed by atoms with Crippen LogP contribution in [0.5, 0.6) is 0 Å². The lowest BCUT2D eigenvalue weighted by Gasteiger charge is -2.27. The summed E-state index contributed by atoms with van der Waals surface area (Å²) in [5.74, 6) is -1.60. The maximum absolute atomic E-state index is 14.4. The van der Waals surface area contributed by atoms with Crippen LogP contribution >= 0.6 is 0 Å². The van der Waals surface area contributed by atoms with Crippen LogP contribution in [0, 0.1) is 0 Å². The Bertz CT molecular complexity index is 942. The summed E-state index contributed by atoms with van der Waals surface area (Å²) in [6.45, 7) is 11.2. The van der Waals surface area contributed by atoms with Crippen molar-refractivity contribution in [1.82, 2.24) is 9.88 Å². The van der Waals surface area contributed by atoms with E-state index in [4.69, 9.17) is 0 Å². The van der Waals surface area contributed by atoms with Crippen LogP contribution in [-0.4, -0.2) is 28.9 Å². The van der Waals surface area contributed by atoms with Gasteiger partial charge in [-0.05, 0) is 43.5 Å². The molecule has 1 aromatic carbocycles. The smallest absolute Gasteiger partial charge is 0.282 e. The van der Waals surface area contributed by atoms with E-state index in [9.17, 15) is 13.6 Å². The Morgan fingerprint density at radius 1 is 1.29 bits per heavy atom. The topological polar surface area (TPSA) is 45.2 Å². The fourth-order valence-electron chi connectivity index (χ4n) is 3.25. The number of hydrogen-bond donors (Lipinski definition) is 1. The number of alkyl halides is 1. The van der Waals surface area contributed by atoms with Crippen molar-refractivity contribution in [2.75, 3.05) is 18.4 Å². The molecule has 4 nitrogen and oxygen atoms in total. The zero-order valence-corrected chi connectivity index (χ0v) is 18.7. The number of carbonyl (C=O) groups excluding carboxylic acids is 1. The molecule has 1 atom stereocenters. The van der Waals surface area contributed by atoms with Gasteiger partial charge >= 0.3 is 0 Å². The van der Waals surface area contributed by atoms with E-state index in [1.807, 2.05) is 50.3 Å². The quantitative estimate of drug-likeness (QED) is 0.514. The van der Waals surface area contributed by atoms with Gasteiger partial charge in [0.2, 0.25) is 0 Å². The van der Waals surface area contributed by atoms with Gasteiger partial charge in [0, 0.05) is 25.8 Å². The van der Waals surface area contributed by atoms with E-state index in [0.29, 0.717) is 31.6 Å². The van der Waals surface area contributed by atoms with Crippen LogP contribution in [0.3, 0.4) is 0 Å². The number of amides is 1. The molecule has 1 N–H and O–H groups in total. The van der Waals surface area contributed by atoms with Gasteiger partial charge < -0.3 is 10.2 Å². The summed E-state index contributed by atoms with van der Waals surface area (Å²) in [5, 5.41) is 3.34. The molecule has 0 spiro atoms. The van der Waals surface area contributed by atoms with Crippen LogP contribution in [0.2, 0.25) is 0 Å². The molecule has 0 aliphatic carbocycles. The van der Waals surface area contributed by atoms with Crippen molar-refractivity contribution in [3.05, 3.63) is 72.3 Å². The minimum absolute atomic E-state index is 0. The molecule has 3 rings (SSSR count). The number of carbonyl (C=O) groups is 1. The van der Waals surface area contributed by atoms with Gasteiger partial charge in [0.05, 0.1) is 17.6 Å². The van der Waals surface area contributed by atoms with E-state index in [1.165, 1.54) is 11.8 Å². The molecule has 2 aromatic rings. The molecular formula is C25H33F2N3O. The van der Waals surface area contributed by atoms with Crippen LogP contribution in [0.15, 0.2) is 61.1 Å². The maximum Gasteiger partial charge on any atom is 0.282 e. The third-order valence-electron chi connectivity index (χ3n) is 5.24. The molecular weight excluding hydrogens is 396 g/mol. The van der Waals surface area contributed by atoms with Gasteiger partial charge in [-0.2, -0.15) is 0 Å². The fraction of sp³-hybridized carbons (Fsp3) is 0.360. The maximum atomic E-state index is 14.4. The number of hydrogen-bond acceptors (Lipinski definition) is 3. The molecule has 1 unspecified atom stereocenters. The lowest BCUT2D eigenvalue weighted by molar-refractivity contribution is -0.128. The number of nitrogens with one attached hydrogen (secondary N) is 1. The van der Waals surface area contributed by atoms with Crippen molar-refractivity contribution in [1.29, 1.82) is 0 Å². The van der Waals surface area contributed by atoms with Crippen LogP contribution in [-0.2, 0) is 10.5 Å². The number of aromatic nitrogens is 1. The third kappa shape index (κ3) is 6.00. The predicted octanol–water partition coefficient (Wildman–Crippen LogP) is 6.79. The van der Waals surface area contributed by atoms with Crippen molar-refractivity contribution in [3.8, 4) is 0 Å². The average Bonchev–Trinajstić information content (AvgIpc) is 2.81. The van der Waals surface area contributed by atoms with E-state index in [0.717, 1.165) is 22.5 Å². The first-order chi connectivity index (χ1) is 14.8. The summed E-state index contributed by atoms with van der Waals surface area (Å²) in [7, 11) is 0. The molecule has 0 saturated carbocycles. The normalized spacial score (nSPS) is 15.2. The summed E-state index contributed by atoms with van der Waals surface area (Å²) in [6, 6.07) is 11.3. The average molecular weight is 430 g/mol. The molecule has 6 heteroatoms. The number of halogens is 2. The number of rotatable bonds is 6. The fourth-order valence-corrected chi connectivity index (χ4v) is 3.25. The highest BCUT2D eigenvalue weighted by Crippen LogP contribution is 2.32. The van der Waals surface area contributed by atoms with Gasteiger partial charge in [-0.1, -0.05) is 51.6 Å². The van der Waals surface area contributed by atoms with Crippen LogP contribution in [0.25, 0.3) is 5.57 Å². The highest BCUT2D eigenvalue weighted by Gasteiger charge is 2.25. The van der Waals surface area contributed by atoms with E-state index < -0.39 is 17.4 Å². The van der Waals surface area contributed by atoms with Crippen molar-refractivity contribution >= 4 is 22.9 Å². The van der Waals surface area contributed by atoms with Crippen molar-refractivity contribution < 1.29 is 15.0 Å². The second-order valence-corrected chi connectivity index (χ2v) is 7.29. The number of pyridine rings is 1. The molecule has 2 heterocycles. The first-order valence-electron chi connectivity index (χ1n) is 10.7. The Morgan fingerprint density at radius 2 is 2.00 bits per heavy atom. The van der Waals surface area contributed by atoms with E-state index in [1.54, 1.807) is 19.2 Å². The highest BCUT2D eigenvalue weighted by molar-refractivity contribution is 5.91. The van der Waals surface area contributed by atoms with Crippen molar-refractivity contribution in [3.63, 3.8) is 0 Å². The van der Waals surface area contributed by atoms with E-state index >= 15 is 0 Å². The summed E-state index contributed by atoms with van der Waals surface area (Å²) in [4.78, 5) is 17.4. The Labute approximate surface area is 185 Å². The van der Waals surface area contributed by atoms with Crippen LogP contribution in [0.1, 0.15) is 53.2 Å². The van der Waals surface area contributed by atoms with E-state index in [-0.39, 0.29) is 1.43 Å². The molecule has 0 fully saturated rings. The molecule has 1 aliphatic heterocycles. The Kier molecular flexibility index (Phi) is 8.48. The summed E-state index contributed by atoms with van der Waals surface area (Å²) < 4.78 is 27.5. The molecule has 1 amide bonds. The number of para-hydroxylation sites is 1. The molecule has 0 saturated heterocycles. The van der Waals surface area contributed by atoms with Crippen molar-refractivity contribution in [2.24, 2.45) is 0 Å². The standard InChI is InChI=1S/C23H25F2N3O.C2H6.H2/c1-4-23(3,25)21-10-9-18(15-26-21)27-20-8-6-5-7-19(20)17-11-13-28(14-12-17)22(29)16(2)24;1-2;/h5-11,15,27H,2,4,12-14H2,1,3H3;1-2H3;1H. The summed E-state index contributed by atoms with van der Waals surface area (Å²) in [6.07, 6.45) is 4.54. The first kappa shape index (κ1) is 24.3. The van der Waals surface area contributed by atoms with Gasteiger partial charge in [-0.25, -0.2) is 8.78 Å². The minimum atomic E-state index is -1.45. The highest BCUT2D eigenvalue weighted by atomic mass is 19.1. The van der Waals surface area contributed by atoms with E-state index in [2.05, 4.69) is 16.9 Å². The van der Waals surface area contributed by atoms with Gasteiger partial charge in [-0.3, -0.25) is 9.78 Å². The third-order valence-corrected chi connectivity index (χ3v) is 5.24. The summed E-state index contributed by atoms with van der Waals surface area (Å²) in [5.41, 5.74) is 2.70. The lowest BCUT2D eigenvalue weighted by Crippen LogP contribution is -2.34. The SMILES string of the molecule is C=C(F)C(=O)N1CC=C(c2ccccc2Nc2ccc(C(C)(F)CC)nc2)CC1.CC.[HH]. The first-order valence-corrected chi connectivity index (χ1v) is 10.7. The van der Waals surface area contributed by atoms with Gasteiger partial charge in [0.25, 0.3) is 5.91 Å². The largest absolute Gasteiger partial charge is 0.354 e. The molecule has 31 heavy (non-hydrogen) atoms. The Hall–Kier alpha value is -3.02. The number of anilines is 2. The predicted molar refractivity (Wildman–Crippen MR) is 126 cm³/mol. The zero-order valence-electron chi connectivity index (χ0n) is 18.7. The molecule has 1 aromatic heterocycles. The van der Waals surface area contributed by atoms with Crippen LogP contribution in [0.4, 0.5) is 20.2 Å². The zero-order chi connectivity index (χ0) is 23.0. The lowest BCUT2D eigenvalue weighted by atomic mass is 9.97. The van der Waals surface area contributed by atoms with Crippen molar-refractivity contribution in [2.45, 2.75) is 46.2 Å². The van der Waals surface area contributed by atoms with Gasteiger partial charge in [-0.15, -0.1) is 0 Å². The molecule has 0 radical (unpaired) electrons. The second kappa shape index (κ2) is 10.8. The monoisotopic (exact) mass is 429 g/mol. The number of benzene rings is 1.